The van der Waals surface area contributed by atoms with Crippen molar-refractivity contribution in [1.29, 1.82) is 0 Å². The van der Waals surface area contributed by atoms with Gasteiger partial charge in [0.15, 0.2) is 0 Å². The van der Waals surface area contributed by atoms with E-state index < -0.39 is 0 Å². The number of hydrogen-bond acceptors (Lipinski definition) is 3. The van der Waals surface area contributed by atoms with Gasteiger partial charge in [-0.05, 0) is 12.1 Å². The lowest BCUT2D eigenvalue weighted by atomic mass is 9.87. The molecule has 1 N–H and O–H groups in total. The number of amides is 1. The van der Waals surface area contributed by atoms with Crippen LogP contribution in [0.25, 0.3) is 5.65 Å². The number of hydrogen-bond donors (Lipinski definition) is 1. The molecule has 0 atom stereocenters. The normalized spacial score (nSPS) is 13.0. The molecule has 2 aromatic heterocycles. The lowest BCUT2D eigenvalue weighted by molar-refractivity contribution is -0.121. The van der Waals surface area contributed by atoms with Crippen molar-refractivity contribution in [2.75, 3.05) is 6.54 Å². The van der Waals surface area contributed by atoms with E-state index in [1.807, 2.05) is 71.5 Å². The molecule has 3 heterocycles. The highest BCUT2D eigenvalue weighted by molar-refractivity contribution is 5.89. The highest BCUT2D eigenvalue weighted by atomic mass is 16.5. The van der Waals surface area contributed by atoms with Crippen LogP contribution in [0.1, 0.15) is 17.0 Å². The maximum absolute atomic E-state index is 13.1. The Balaban J connectivity index is 1.37. The van der Waals surface area contributed by atoms with Crippen molar-refractivity contribution in [2.45, 2.75) is 12.5 Å². The zero-order valence-corrected chi connectivity index (χ0v) is 14.6. The van der Waals surface area contributed by atoms with Gasteiger partial charge < -0.3 is 14.6 Å². The Morgan fingerprint density at radius 1 is 1.00 bits per heavy atom. The fourth-order valence-electron chi connectivity index (χ4n) is 3.65. The average molecular weight is 358 g/mol. The van der Waals surface area contributed by atoms with Gasteiger partial charge in [-0.25, -0.2) is 4.52 Å². The molecular formula is C21H18N4O2. The Morgan fingerprint density at radius 3 is 2.44 bits per heavy atom. The molecular weight excluding hydrogens is 340 g/mol. The van der Waals surface area contributed by atoms with E-state index in [4.69, 9.17) is 4.74 Å². The van der Waals surface area contributed by atoms with Gasteiger partial charge in [-0.1, -0.05) is 36.4 Å². The van der Waals surface area contributed by atoms with Crippen molar-refractivity contribution in [3.63, 3.8) is 0 Å². The van der Waals surface area contributed by atoms with E-state index in [9.17, 15) is 4.79 Å². The summed E-state index contributed by atoms with van der Waals surface area (Å²) in [6.07, 6.45) is 5.63. The summed E-state index contributed by atoms with van der Waals surface area (Å²) in [5.41, 5.74) is 2.80. The van der Waals surface area contributed by atoms with Crippen LogP contribution in [0.3, 0.4) is 0 Å². The molecule has 0 aliphatic carbocycles. The second-order valence-corrected chi connectivity index (χ2v) is 6.53. The van der Waals surface area contributed by atoms with Crippen LogP contribution in [-0.2, 0) is 11.3 Å². The Morgan fingerprint density at radius 2 is 1.70 bits per heavy atom. The maximum Gasteiger partial charge on any atom is 0.232 e. The molecule has 134 valence electrons. The predicted molar refractivity (Wildman–Crippen MR) is 101 cm³/mol. The summed E-state index contributed by atoms with van der Waals surface area (Å²) in [7, 11) is 0. The minimum Gasteiger partial charge on any atom is -0.457 e. The number of rotatable bonds is 4. The summed E-state index contributed by atoms with van der Waals surface area (Å²) >= 11 is 0. The van der Waals surface area contributed by atoms with Crippen molar-refractivity contribution < 1.29 is 9.53 Å². The van der Waals surface area contributed by atoms with Gasteiger partial charge in [0.2, 0.25) is 5.91 Å². The van der Waals surface area contributed by atoms with Gasteiger partial charge in [0.1, 0.15) is 17.1 Å². The van der Waals surface area contributed by atoms with Crippen molar-refractivity contribution in [2.24, 2.45) is 0 Å². The van der Waals surface area contributed by atoms with Crippen LogP contribution in [-0.4, -0.2) is 26.6 Å². The Bertz CT molecular complexity index is 1080. The molecule has 1 aliphatic heterocycles. The van der Waals surface area contributed by atoms with Gasteiger partial charge in [0.05, 0.1) is 12.1 Å². The number of fused-ring (bicyclic) bond motifs is 3. The number of benzene rings is 2. The van der Waals surface area contributed by atoms with E-state index in [1.165, 1.54) is 0 Å². The number of imidazole rings is 1. The van der Waals surface area contributed by atoms with Gasteiger partial charge in [-0.3, -0.25) is 4.79 Å². The number of nitrogens with one attached hydrogen (secondary N) is 1. The minimum atomic E-state index is -0.370. The highest BCUT2D eigenvalue weighted by Crippen LogP contribution is 2.43. The molecule has 1 amide bonds. The van der Waals surface area contributed by atoms with E-state index in [2.05, 4.69) is 15.0 Å². The van der Waals surface area contributed by atoms with Gasteiger partial charge >= 0.3 is 0 Å². The van der Waals surface area contributed by atoms with Crippen LogP contribution in [0, 0.1) is 0 Å². The van der Waals surface area contributed by atoms with Gasteiger partial charge in [-0.2, -0.15) is 5.10 Å². The molecule has 2 aromatic carbocycles. The summed E-state index contributed by atoms with van der Waals surface area (Å²) in [5, 5.41) is 7.28. The third kappa shape index (κ3) is 2.66. The fraction of sp³-hybridized carbons (Fsp3) is 0.143. The molecule has 0 fully saturated rings. The number of carbonyl (C=O) groups excluding carboxylic acids is 1. The fourth-order valence-corrected chi connectivity index (χ4v) is 3.65. The average Bonchev–Trinajstić information content (AvgIpc) is 3.30. The Kier molecular flexibility index (Phi) is 3.67. The van der Waals surface area contributed by atoms with Crippen LogP contribution in [0.5, 0.6) is 11.5 Å². The molecule has 0 radical (unpaired) electrons. The topological polar surface area (TPSA) is 60.6 Å². The van der Waals surface area contributed by atoms with E-state index in [0.29, 0.717) is 13.1 Å². The summed E-state index contributed by atoms with van der Waals surface area (Å²) in [5.74, 6) is 1.09. The summed E-state index contributed by atoms with van der Waals surface area (Å²) in [6, 6.07) is 17.4. The number of ether oxygens (including phenoxy) is 1. The van der Waals surface area contributed by atoms with Gasteiger partial charge in [0.25, 0.3) is 0 Å². The number of para-hydroxylation sites is 2. The molecule has 0 bridgehead atoms. The maximum atomic E-state index is 13.1. The number of nitrogens with zero attached hydrogens (tertiary/aromatic N) is 3. The summed E-state index contributed by atoms with van der Waals surface area (Å²) in [4.78, 5) is 13.1. The first kappa shape index (κ1) is 15.7. The molecule has 0 saturated heterocycles. The van der Waals surface area contributed by atoms with Gasteiger partial charge in [0, 0.05) is 42.7 Å². The largest absolute Gasteiger partial charge is 0.457 e. The van der Waals surface area contributed by atoms with Crippen molar-refractivity contribution >= 4 is 11.6 Å². The number of aromatic nitrogens is 3. The smallest absolute Gasteiger partial charge is 0.232 e. The zero-order chi connectivity index (χ0) is 18.2. The van der Waals surface area contributed by atoms with E-state index in [-0.39, 0.29) is 11.8 Å². The van der Waals surface area contributed by atoms with E-state index in [0.717, 1.165) is 28.3 Å². The molecule has 1 aliphatic rings. The summed E-state index contributed by atoms with van der Waals surface area (Å²) < 4.78 is 9.85. The van der Waals surface area contributed by atoms with E-state index >= 15 is 0 Å². The third-order valence-corrected chi connectivity index (χ3v) is 4.93. The van der Waals surface area contributed by atoms with Crippen LogP contribution < -0.4 is 10.1 Å². The van der Waals surface area contributed by atoms with Crippen molar-refractivity contribution in [1.82, 2.24) is 19.5 Å². The quantitative estimate of drug-likeness (QED) is 0.609. The third-order valence-electron chi connectivity index (χ3n) is 4.93. The van der Waals surface area contributed by atoms with Crippen molar-refractivity contribution in [3.8, 4) is 11.5 Å². The Hall–Kier alpha value is -3.54. The van der Waals surface area contributed by atoms with Crippen molar-refractivity contribution in [3.05, 3.63) is 84.3 Å². The second-order valence-electron chi connectivity index (χ2n) is 6.53. The first-order valence-electron chi connectivity index (χ1n) is 8.93. The molecule has 0 saturated carbocycles. The number of carbonyl (C=O) groups is 1. The van der Waals surface area contributed by atoms with Crippen LogP contribution in [0.2, 0.25) is 0 Å². The monoisotopic (exact) mass is 358 g/mol. The lowest BCUT2D eigenvalue weighted by Gasteiger charge is -2.27. The molecule has 6 heteroatoms. The van der Waals surface area contributed by atoms with Crippen LogP contribution in [0.4, 0.5) is 0 Å². The zero-order valence-electron chi connectivity index (χ0n) is 14.6. The SMILES string of the molecule is O=C(NCCn1ccn2nccc12)C1c2ccccc2Oc2ccccc21. The summed E-state index contributed by atoms with van der Waals surface area (Å²) in [6.45, 7) is 1.22. The molecule has 0 unspecified atom stereocenters. The molecule has 5 rings (SSSR count). The Labute approximate surface area is 156 Å². The molecule has 0 spiro atoms. The lowest BCUT2D eigenvalue weighted by Crippen LogP contribution is -2.33. The molecule has 27 heavy (non-hydrogen) atoms. The molecule has 6 nitrogen and oxygen atoms in total. The minimum absolute atomic E-state index is 0.0186. The first-order chi connectivity index (χ1) is 13.3. The van der Waals surface area contributed by atoms with Gasteiger partial charge in [-0.15, -0.1) is 0 Å². The van der Waals surface area contributed by atoms with E-state index in [1.54, 1.807) is 6.20 Å². The standard InChI is InChI=1S/C21H18N4O2/c26-21(22-11-12-24-13-14-25-19(24)9-10-23-25)20-15-5-1-3-7-17(15)27-18-8-4-2-6-16(18)20/h1-10,13-14,20H,11-12H2,(H,22,26). The predicted octanol–water partition coefficient (Wildman–Crippen LogP) is 3.19. The second kappa shape index (κ2) is 6.32. The first-order valence-corrected chi connectivity index (χ1v) is 8.93. The van der Waals surface area contributed by atoms with Crippen LogP contribution in [0.15, 0.2) is 73.2 Å². The highest BCUT2D eigenvalue weighted by Gasteiger charge is 2.32. The van der Waals surface area contributed by atoms with Crippen LogP contribution >= 0.6 is 0 Å². The molecule has 4 aromatic rings.